The topological polar surface area (TPSA) is 75.6 Å². The zero-order chi connectivity index (χ0) is 12.6. The molecule has 0 heterocycles. The summed E-state index contributed by atoms with van der Waals surface area (Å²) in [5, 5.41) is 11.2. The number of rotatable bonds is 8. The number of carboxylic acid groups (broad SMARTS) is 1. The Balaban J connectivity index is 3.68. The number of ether oxygens (including phenoxy) is 1. The molecule has 1 amide bonds. The van der Waals surface area contributed by atoms with Crippen LogP contribution < -0.4 is 5.32 Å². The molecule has 0 fully saturated rings. The van der Waals surface area contributed by atoms with Gasteiger partial charge in [0, 0.05) is 18.4 Å². The van der Waals surface area contributed by atoms with Gasteiger partial charge in [-0.2, -0.15) is 0 Å². The predicted octanol–water partition coefficient (Wildman–Crippen LogP) is 0.734. The number of thioether (sulfide) groups is 1. The van der Waals surface area contributed by atoms with Gasteiger partial charge >= 0.3 is 5.97 Å². The lowest BCUT2D eigenvalue weighted by Gasteiger charge is -2.13. The van der Waals surface area contributed by atoms with E-state index in [4.69, 9.17) is 9.84 Å². The van der Waals surface area contributed by atoms with E-state index in [1.807, 2.05) is 6.92 Å². The second kappa shape index (κ2) is 8.41. The van der Waals surface area contributed by atoms with E-state index in [1.165, 1.54) is 11.8 Å². The molecule has 16 heavy (non-hydrogen) atoms. The number of aliphatic carboxylic acids is 1. The van der Waals surface area contributed by atoms with Crippen molar-refractivity contribution in [3.63, 3.8) is 0 Å². The van der Waals surface area contributed by atoms with Crippen LogP contribution in [0.2, 0.25) is 0 Å². The SMILES string of the molecule is COCC(C)NC(=O)CSC(C)CC(=O)O. The second-order valence-electron chi connectivity index (χ2n) is 3.64. The van der Waals surface area contributed by atoms with E-state index in [0.717, 1.165) is 0 Å². The van der Waals surface area contributed by atoms with Crippen LogP contribution in [0.4, 0.5) is 0 Å². The molecule has 6 heteroatoms. The summed E-state index contributed by atoms with van der Waals surface area (Å²) in [5.74, 6) is -0.650. The number of amides is 1. The van der Waals surface area contributed by atoms with Crippen molar-refractivity contribution in [1.29, 1.82) is 0 Å². The van der Waals surface area contributed by atoms with Crippen molar-refractivity contribution in [1.82, 2.24) is 5.32 Å². The third-order valence-electron chi connectivity index (χ3n) is 1.79. The Morgan fingerprint density at radius 2 is 2.06 bits per heavy atom. The molecule has 0 aliphatic carbocycles. The fourth-order valence-electron chi connectivity index (χ4n) is 1.13. The average Bonchev–Trinajstić information content (AvgIpc) is 2.14. The Morgan fingerprint density at radius 3 is 2.56 bits per heavy atom. The summed E-state index contributed by atoms with van der Waals surface area (Å²) in [6, 6.07) is -0.0205. The summed E-state index contributed by atoms with van der Waals surface area (Å²) in [7, 11) is 1.58. The number of hydrogen-bond acceptors (Lipinski definition) is 4. The molecular weight excluding hydrogens is 230 g/mol. The lowest BCUT2D eigenvalue weighted by molar-refractivity contribution is -0.136. The summed E-state index contributed by atoms with van der Waals surface area (Å²) in [6.07, 6.45) is 0.0750. The Labute approximate surface area is 99.9 Å². The summed E-state index contributed by atoms with van der Waals surface area (Å²) >= 11 is 1.34. The average molecular weight is 249 g/mol. The van der Waals surface area contributed by atoms with Gasteiger partial charge in [-0.05, 0) is 6.92 Å². The highest BCUT2D eigenvalue weighted by Crippen LogP contribution is 2.13. The van der Waals surface area contributed by atoms with Gasteiger partial charge in [0.25, 0.3) is 0 Å². The van der Waals surface area contributed by atoms with Crippen LogP contribution >= 0.6 is 11.8 Å². The molecule has 0 aliphatic heterocycles. The van der Waals surface area contributed by atoms with Gasteiger partial charge in [-0.3, -0.25) is 9.59 Å². The minimum Gasteiger partial charge on any atom is -0.481 e. The Hall–Kier alpha value is -0.750. The predicted molar refractivity (Wildman–Crippen MR) is 63.7 cm³/mol. The summed E-state index contributed by atoms with van der Waals surface area (Å²) < 4.78 is 4.88. The maximum absolute atomic E-state index is 11.4. The Morgan fingerprint density at radius 1 is 1.44 bits per heavy atom. The highest BCUT2D eigenvalue weighted by molar-refractivity contribution is 8.00. The van der Waals surface area contributed by atoms with Gasteiger partial charge in [0.1, 0.15) is 0 Å². The first-order valence-corrected chi connectivity index (χ1v) is 6.12. The lowest BCUT2D eigenvalue weighted by atomic mass is 10.3. The van der Waals surface area contributed by atoms with Gasteiger partial charge in [-0.25, -0.2) is 0 Å². The van der Waals surface area contributed by atoms with E-state index in [-0.39, 0.29) is 29.4 Å². The number of methoxy groups -OCH3 is 1. The van der Waals surface area contributed by atoms with Gasteiger partial charge in [0.2, 0.25) is 5.91 Å². The number of carbonyl (C=O) groups is 2. The zero-order valence-corrected chi connectivity index (χ0v) is 10.7. The first-order valence-electron chi connectivity index (χ1n) is 5.07. The smallest absolute Gasteiger partial charge is 0.304 e. The van der Waals surface area contributed by atoms with Gasteiger partial charge in [-0.15, -0.1) is 11.8 Å². The quantitative estimate of drug-likeness (QED) is 0.663. The molecule has 2 N–H and O–H groups in total. The van der Waals surface area contributed by atoms with Crippen LogP contribution in [0.15, 0.2) is 0 Å². The minimum atomic E-state index is -0.840. The van der Waals surface area contributed by atoms with E-state index < -0.39 is 5.97 Å². The van der Waals surface area contributed by atoms with Crippen LogP contribution in [-0.4, -0.2) is 47.7 Å². The number of nitrogens with one attached hydrogen (secondary N) is 1. The van der Waals surface area contributed by atoms with E-state index >= 15 is 0 Å². The molecule has 5 nitrogen and oxygen atoms in total. The summed E-state index contributed by atoms with van der Waals surface area (Å²) in [5.41, 5.74) is 0. The molecule has 0 saturated carbocycles. The normalized spacial score (nSPS) is 14.2. The Bertz CT molecular complexity index is 235. The fourth-order valence-corrected chi connectivity index (χ4v) is 1.91. The molecule has 0 aromatic heterocycles. The zero-order valence-electron chi connectivity index (χ0n) is 9.86. The number of carbonyl (C=O) groups excluding carboxylic acids is 1. The standard InChI is InChI=1S/C10H19NO4S/c1-7(5-15-3)11-9(12)6-16-8(2)4-10(13)14/h7-8H,4-6H2,1-3H3,(H,11,12)(H,13,14). The fraction of sp³-hybridized carbons (Fsp3) is 0.800. The molecule has 0 bridgehead atoms. The highest BCUT2D eigenvalue weighted by Gasteiger charge is 2.12. The van der Waals surface area contributed by atoms with Gasteiger partial charge < -0.3 is 15.2 Å². The van der Waals surface area contributed by atoms with Gasteiger partial charge in [0.05, 0.1) is 18.8 Å². The third-order valence-corrected chi connectivity index (χ3v) is 2.95. The van der Waals surface area contributed by atoms with E-state index in [9.17, 15) is 9.59 Å². The molecule has 0 spiro atoms. The van der Waals surface area contributed by atoms with E-state index in [1.54, 1.807) is 14.0 Å². The largest absolute Gasteiger partial charge is 0.481 e. The molecule has 0 saturated heterocycles. The Kier molecular flexibility index (Phi) is 8.01. The number of carboxylic acids is 1. The van der Waals surface area contributed by atoms with Crippen molar-refractivity contribution in [2.75, 3.05) is 19.5 Å². The maximum atomic E-state index is 11.4. The molecule has 0 radical (unpaired) electrons. The van der Waals surface area contributed by atoms with Gasteiger partial charge in [-0.1, -0.05) is 6.92 Å². The second-order valence-corrected chi connectivity index (χ2v) is 5.07. The monoisotopic (exact) mass is 249 g/mol. The number of hydrogen-bond donors (Lipinski definition) is 2. The van der Waals surface area contributed by atoms with Crippen LogP contribution in [0.1, 0.15) is 20.3 Å². The summed E-state index contributed by atoms with van der Waals surface area (Å²) in [6.45, 7) is 4.12. The van der Waals surface area contributed by atoms with Crippen molar-refractivity contribution in [2.24, 2.45) is 0 Å². The van der Waals surface area contributed by atoms with Crippen LogP contribution in [0, 0.1) is 0 Å². The van der Waals surface area contributed by atoms with Crippen molar-refractivity contribution < 1.29 is 19.4 Å². The van der Waals surface area contributed by atoms with Crippen molar-refractivity contribution in [3.05, 3.63) is 0 Å². The molecule has 0 aliphatic rings. The van der Waals surface area contributed by atoms with Crippen LogP contribution in [0.25, 0.3) is 0 Å². The van der Waals surface area contributed by atoms with Crippen LogP contribution in [-0.2, 0) is 14.3 Å². The molecule has 0 rings (SSSR count). The molecular formula is C10H19NO4S. The van der Waals surface area contributed by atoms with Crippen molar-refractivity contribution in [2.45, 2.75) is 31.6 Å². The molecule has 94 valence electrons. The first-order chi connectivity index (χ1) is 7.45. The first kappa shape index (κ1) is 15.2. The maximum Gasteiger partial charge on any atom is 0.304 e. The molecule has 2 unspecified atom stereocenters. The molecule has 0 aromatic carbocycles. The summed E-state index contributed by atoms with van der Waals surface area (Å²) in [4.78, 5) is 21.8. The van der Waals surface area contributed by atoms with E-state index in [2.05, 4.69) is 5.32 Å². The van der Waals surface area contributed by atoms with Crippen molar-refractivity contribution >= 4 is 23.6 Å². The van der Waals surface area contributed by atoms with Gasteiger partial charge in [0.15, 0.2) is 0 Å². The van der Waals surface area contributed by atoms with E-state index in [0.29, 0.717) is 6.61 Å². The molecule has 2 atom stereocenters. The molecule has 0 aromatic rings. The van der Waals surface area contributed by atoms with Crippen LogP contribution in [0.3, 0.4) is 0 Å². The van der Waals surface area contributed by atoms with Crippen molar-refractivity contribution in [3.8, 4) is 0 Å². The highest BCUT2D eigenvalue weighted by atomic mass is 32.2. The third kappa shape index (κ3) is 8.55. The lowest BCUT2D eigenvalue weighted by Crippen LogP contribution is -2.37. The minimum absolute atomic E-state index is 0.0205. The van der Waals surface area contributed by atoms with Crippen LogP contribution in [0.5, 0.6) is 0 Å².